The lowest BCUT2D eigenvalue weighted by molar-refractivity contribution is 0.560. The van der Waals surface area contributed by atoms with E-state index < -0.39 is 0 Å². The minimum absolute atomic E-state index is 0.276. The minimum Gasteiger partial charge on any atom is -0.271 e. The Kier molecular flexibility index (Phi) is 3.68. The summed E-state index contributed by atoms with van der Waals surface area (Å²) in [6.07, 6.45) is 0. The van der Waals surface area contributed by atoms with Gasteiger partial charge in [0.1, 0.15) is 5.82 Å². The van der Waals surface area contributed by atoms with Crippen molar-refractivity contribution in [2.45, 2.75) is 6.04 Å². The second kappa shape index (κ2) is 5.30. The summed E-state index contributed by atoms with van der Waals surface area (Å²) in [5, 5.41) is 2.05. The van der Waals surface area contributed by atoms with E-state index in [1.807, 2.05) is 6.07 Å². The summed E-state index contributed by atoms with van der Waals surface area (Å²) in [4.78, 5) is 1.02. The molecule has 0 saturated heterocycles. The molecule has 0 aliphatic heterocycles. The summed E-state index contributed by atoms with van der Waals surface area (Å²) in [6, 6.07) is 9.04. The molecule has 2 aromatic heterocycles. The van der Waals surface area contributed by atoms with Gasteiger partial charge in [0.05, 0.1) is 10.5 Å². The molecule has 0 aliphatic carbocycles. The van der Waals surface area contributed by atoms with Crippen LogP contribution in [0.5, 0.6) is 0 Å². The fourth-order valence-electron chi connectivity index (χ4n) is 2.00. The van der Waals surface area contributed by atoms with Crippen LogP contribution >= 0.6 is 38.6 Å². The number of nitrogens with one attached hydrogen (secondary N) is 1. The Hall–Kier alpha value is -0.790. The van der Waals surface area contributed by atoms with E-state index in [0.29, 0.717) is 10.0 Å². The molecule has 3 rings (SSSR count). The number of nitrogens with two attached hydrogens (primary N) is 1. The molecule has 6 heteroatoms. The van der Waals surface area contributed by atoms with Crippen molar-refractivity contribution in [2.24, 2.45) is 5.84 Å². The fraction of sp³-hybridized carbons (Fsp3) is 0.0769. The van der Waals surface area contributed by atoms with E-state index in [1.54, 1.807) is 34.8 Å². The highest BCUT2D eigenvalue weighted by molar-refractivity contribution is 9.10. The van der Waals surface area contributed by atoms with Gasteiger partial charge in [-0.3, -0.25) is 5.84 Å². The van der Waals surface area contributed by atoms with E-state index in [0.717, 1.165) is 4.88 Å². The third-order valence-corrected chi connectivity index (χ3v) is 5.67. The van der Waals surface area contributed by atoms with Gasteiger partial charge in [-0.05, 0) is 39.5 Å². The highest BCUT2D eigenvalue weighted by Gasteiger charge is 2.20. The molecule has 1 aromatic carbocycles. The highest BCUT2D eigenvalue weighted by Crippen LogP contribution is 2.37. The Balaban J connectivity index is 2.09. The molecule has 0 radical (unpaired) electrons. The van der Waals surface area contributed by atoms with Gasteiger partial charge in [0.2, 0.25) is 0 Å². The lowest BCUT2D eigenvalue weighted by atomic mass is 10.1. The normalized spacial score (nSPS) is 13.0. The van der Waals surface area contributed by atoms with Crippen LogP contribution in [0.1, 0.15) is 16.5 Å². The summed E-state index contributed by atoms with van der Waals surface area (Å²) in [6.45, 7) is 0. The molecular formula is C13H10BrFN2S2. The van der Waals surface area contributed by atoms with Gasteiger partial charge >= 0.3 is 0 Å². The molecule has 19 heavy (non-hydrogen) atoms. The number of thiophene rings is 2. The van der Waals surface area contributed by atoms with Crippen LogP contribution in [0.15, 0.2) is 40.2 Å². The quantitative estimate of drug-likeness (QED) is 0.538. The van der Waals surface area contributed by atoms with Crippen molar-refractivity contribution in [3.05, 3.63) is 56.4 Å². The minimum atomic E-state index is -0.331. The number of hydrogen-bond acceptors (Lipinski definition) is 4. The van der Waals surface area contributed by atoms with E-state index in [9.17, 15) is 4.39 Å². The third-order valence-electron chi connectivity index (χ3n) is 2.90. The maximum atomic E-state index is 14.2. The van der Waals surface area contributed by atoms with Crippen LogP contribution in [0, 0.1) is 5.82 Å². The van der Waals surface area contributed by atoms with Crippen molar-refractivity contribution in [3.8, 4) is 0 Å². The average Bonchev–Trinajstić information content (AvgIpc) is 2.96. The fourth-order valence-corrected chi connectivity index (χ4v) is 4.58. The first kappa shape index (κ1) is 13.2. The molecule has 0 fully saturated rings. The van der Waals surface area contributed by atoms with Crippen LogP contribution < -0.4 is 11.3 Å². The van der Waals surface area contributed by atoms with E-state index >= 15 is 0 Å². The van der Waals surface area contributed by atoms with Gasteiger partial charge in [0.25, 0.3) is 0 Å². The second-order valence-electron chi connectivity index (χ2n) is 4.04. The van der Waals surface area contributed by atoms with E-state index in [2.05, 4.69) is 38.9 Å². The molecule has 98 valence electrons. The van der Waals surface area contributed by atoms with Gasteiger partial charge in [-0.25, -0.2) is 9.82 Å². The number of halogens is 2. The molecule has 0 amide bonds. The zero-order chi connectivity index (χ0) is 13.4. The second-order valence-corrected chi connectivity index (χ2v) is 6.96. The molecule has 0 spiro atoms. The SMILES string of the molecule is NNC(c1cc2sccc2s1)c1cccc(Br)c1F. The summed E-state index contributed by atoms with van der Waals surface area (Å²) in [5.74, 6) is 5.35. The Morgan fingerprint density at radius 3 is 2.84 bits per heavy atom. The predicted molar refractivity (Wildman–Crippen MR) is 83.0 cm³/mol. The van der Waals surface area contributed by atoms with Crippen LogP contribution in [0.25, 0.3) is 9.40 Å². The molecule has 0 bridgehead atoms. The summed E-state index contributed by atoms with van der Waals surface area (Å²) in [5.41, 5.74) is 3.25. The summed E-state index contributed by atoms with van der Waals surface area (Å²) < 4.78 is 17.0. The van der Waals surface area contributed by atoms with Crippen LogP contribution in [0.3, 0.4) is 0 Å². The standard InChI is InChI=1S/C13H10BrFN2S2/c14-8-3-1-2-7(12(8)15)13(17-16)11-6-10-9(19-11)4-5-18-10/h1-6,13,17H,16H2. The van der Waals surface area contributed by atoms with E-state index in [-0.39, 0.29) is 11.9 Å². The Bertz CT molecular complexity index is 694. The molecule has 2 nitrogen and oxygen atoms in total. The van der Waals surface area contributed by atoms with Crippen molar-refractivity contribution >= 4 is 48.0 Å². The topological polar surface area (TPSA) is 38.0 Å². The van der Waals surface area contributed by atoms with Crippen molar-refractivity contribution < 1.29 is 4.39 Å². The number of hydrazine groups is 1. The molecular weight excluding hydrogens is 347 g/mol. The van der Waals surface area contributed by atoms with Crippen LogP contribution in [-0.2, 0) is 0 Å². The lowest BCUT2D eigenvalue weighted by Crippen LogP contribution is -2.29. The van der Waals surface area contributed by atoms with Gasteiger partial charge in [-0.1, -0.05) is 12.1 Å². The molecule has 1 unspecified atom stereocenters. The van der Waals surface area contributed by atoms with Crippen molar-refractivity contribution in [2.75, 3.05) is 0 Å². The smallest absolute Gasteiger partial charge is 0.142 e. The maximum Gasteiger partial charge on any atom is 0.142 e. The monoisotopic (exact) mass is 356 g/mol. The van der Waals surface area contributed by atoms with Gasteiger partial charge in [-0.2, -0.15) is 0 Å². The molecule has 0 aliphatic rings. The largest absolute Gasteiger partial charge is 0.271 e. The molecule has 0 saturated carbocycles. The highest BCUT2D eigenvalue weighted by atomic mass is 79.9. The van der Waals surface area contributed by atoms with Crippen LogP contribution in [-0.4, -0.2) is 0 Å². The Morgan fingerprint density at radius 1 is 1.26 bits per heavy atom. The van der Waals surface area contributed by atoms with Gasteiger partial charge in [0, 0.05) is 19.8 Å². The maximum absolute atomic E-state index is 14.2. The van der Waals surface area contributed by atoms with Crippen molar-refractivity contribution in [1.82, 2.24) is 5.43 Å². The predicted octanol–water partition coefficient (Wildman–Crippen LogP) is 4.42. The van der Waals surface area contributed by atoms with Gasteiger partial charge < -0.3 is 0 Å². The zero-order valence-corrected chi connectivity index (χ0v) is 12.9. The molecule has 2 heterocycles. The molecule has 1 atom stereocenters. The summed E-state index contributed by atoms with van der Waals surface area (Å²) >= 11 is 6.51. The Morgan fingerprint density at radius 2 is 2.11 bits per heavy atom. The first-order valence-corrected chi connectivity index (χ1v) is 8.06. The van der Waals surface area contributed by atoms with Crippen LogP contribution in [0.2, 0.25) is 0 Å². The van der Waals surface area contributed by atoms with E-state index in [4.69, 9.17) is 5.84 Å². The van der Waals surface area contributed by atoms with Crippen LogP contribution in [0.4, 0.5) is 4.39 Å². The summed E-state index contributed by atoms with van der Waals surface area (Å²) in [7, 11) is 0. The molecule has 3 N–H and O–H groups in total. The van der Waals surface area contributed by atoms with Crippen molar-refractivity contribution in [1.29, 1.82) is 0 Å². The van der Waals surface area contributed by atoms with E-state index in [1.165, 1.54) is 9.40 Å². The Labute approximate surface area is 126 Å². The number of rotatable bonds is 3. The number of fused-ring (bicyclic) bond motifs is 1. The van der Waals surface area contributed by atoms with Gasteiger partial charge in [-0.15, -0.1) is 22.7 Å². The van der Waals surface area contributed by atoms with Crippen molar-refractivity contribution in [3.63, 3.8) is 0 Å². The van der Waals surface area contributed by atoms with Gasteiger partial charge in [0.15, 0.2) is 0 Å². The first-order chi connectivity index (χ1) is 9.20. The molecule has 3 aromatic rings. The number of benzene rings is 1. The zero-order valence-electron chi connectivity index (χ0n) is 9.69. The lowest BCUT2D eigenvalue weighted by Gasteiger charge is -2.16. The third kappa shape index (κ3) is 2.34. The average molecular weight is 357 g/mol. The first-order valence-electron chi connectivity index (χ1n) is 5.57. The number of hydrogen-bond donors (Lipinski definition) is 2.